The van der Waals surface area contributed by atoms with Crippen LogP contribution < -0.4 is 0 Å². The first-order valence-electron chi connectivity index (χ1n) is 3.44. The maximum Gasteiger partial charge on any atom is 0.192 e. The maximum atomic E-state index is 9.70. The standard InChI is InChI=1S/C8H12O2/c1-2-3-5-8(10)6-4-7-9/h7-8,10H,2-3,5H2,1H3. The molecule has 0 radical (unpaired) electrons. The van der Waals surface area contributed by atoms with Gasteiger partial charge in [-0.3, -0.25) is 4.79 Å². The van der Waals surface area contributed by atoms with Crippen LogP contribution in [0.3, 0.4) is 0 Å². The zero-order valence-electron chi connectivity index (χ0n) is 6.13. The monoisotopic (exact) mass is 140 g/mol. The van der Waals surface area contributed by atoms with Gasteiger partial charge in [0, 0.05) is 0 Å². The van der Waals surface area contributed by atoms with Crippen LogP contribution in [-0.4, -0.2) is 17.5 Å². The molecule has 1 unspecified atom stereocenters. The molecule has 10 heavy (non-hydrogen) atoms. The van der Waals surface area contributed by atoms with Gasteiger partial charge in [0.1, 0.15) is 6.10 Å². The predicted octanol–water partition coefficient (Wildman–Crippen LogP) is 0.740. The summed E-state index contributed by atoms with van der Waals surface area (Å²) in [6.07, 6.45) is 2.53. The number of carbonyl (C=O) groups is 1. The van der Waals surface area contributed by atoms with E-state index in [-0.39, 0.29) is 0 Å². The van der Waals surface area contributed by atoms with Gasteiger partial charge in [0.15, 0.2) is 6.29 Å². The Morgan fingerprint density at radius 1 is 1.70 bits per heavy atom. The van der Waals surface area contributed by atoms with Gasteiger partial charge in [-0.15, -0.1) is 0 Å². The Hall–Kier alpha value is -0.810. The highest BCUT2D eigenvalue weighted by Gasteiger charge is 1.95. The highest BCUT2D eigenvalue weighted by atomic mass is 16.3. The van der Waals surface area contributed by atoms with E-state index in [4.69, 9.17) is 5.11 Å². The van der Waals surface area contributed by atoms with Crippen LogP contribution in [0.25, 0.3) is 0 Å². The lowest BCUT2D eigenvalue weighted by Crippen LogP contribution is -2.01. The van der Waals surface area contributed by atoms with E-state index in [1.54, 1.807) is 0 Å². The molecule has 0 saturated heterocycles. The molecule has 0 spiro atoms. The van der Waals surface area contributed by atoms with Crippen LogP contribution in [0.4, 0.5) is 0 Å². The van der Waals surface area contributed by atoms with Crippen LogP contribution in [0.5, 0.6) is 0 Å². The summed E-state index contributed by atoms with van der Waals surface area (Å²) in [6.45, 7) is 2.04. The number of carbonyl (C=O) groups excluding carboxylic acids is 1. The van der Waals surface area contributed by atoms with Gasteiger partial charge >= 0.3 is 0 Å². The molecule has 0 heterocycles. The molecule has 0 bridgehead atoms. The van der Waals surface area contributed by atoms with Gasteiger partial charge in [-0.25, -0.2) is 0 Å². The molecular formula is C8H12O2. The van der Waals surface area contributed by atoms with Gasteiger partial charge in [-0.05, 0) is 12.3 Å². The van der Waals surface area contributed by atoms with E-state index in [1.165, 1.54) is 0 Å². The van der Waals surface area contributed by atoms with Crippen LogP contribution >= 0.6 is 0 Å². The third-order valence-electron chi connectivity index (χ3n) is 1.14. The number of rotatable bonds is 3. The molecular weight excluding hydrogens is 128 g/mol. The topological polar surface area (TPSA) is 37.3 Å². The lowest BCUT2D eigenvalue weighted by Gasteiger charge is -1.98. The van der Waals surface area contributed by atoms with Crippen molar-refractivity contribution < 1.29 is 9.90 Å². The molecule has 1 atom stereocenters. The van der Waals surface area contributed by atoms with Gasteiger partial charge in [0.25, 0.3) is 0 Å². The molecule has 0 aliphatic carbocycles. The molecule has 0 rings (SSSR count). The highest BCUT2D eigenvalue weighted by molar-refractivity contribution is 5.72. The van der Waals surface area contributed by atoms with Crippen LogP contribution in [0, 0.1) is 11.8 Å². The van der Waals surface area contributed by atoms with E-state index in [9.17, 15) is 4.79 Å². The fourth-order valence-electron chi connectivity index (χ4n) is 0.600. The van der Waals surface area contributed by atoms with Crippen molar-refractivity contribution in [3.8, 4) is 11.8 Å². The predicted molar refractivity (Wildman–Crippen MR) is 39.4 cm³/mol. The van der Waals surface area contributed by atoms with Gasteiger partial charge < -0.3 is 5.11 Å². The van der Waals surface area contributed by atoms with E-state index in [2.05, 4.69) is 11.8 Å². The fraction of sp³-hybridized carbons (Fsp3) is 0.625. The van der Waals surface area contributed by atoms with Crippen LogP contribution in [-0.2, 0) is 4.79 Å². The Bertz CT molecular complexity index is 141. The Morgan fingerprint density at radius 2 is 2.40 bits per heavy atom. The molecule has 1 N–H and O–H groups in total. The third-order valence-corrected chi connectivity index (χ3v) is 1.14. The lowest BCUT2D eigenvalue weighted by atomic mass is 10.2. The number of hydrogen-bond acceptors (Lipinski definition) is 2. The van der Waals surface area contributed by atoms with E-state index in [0.29, 0.717) is 12.7 Å². The molecule has 2 nitrogen and oxygen atoms in total. The summed E-state index contributed by atoms with van der Waals surface area (Å²) in [5.74, 6) is 4.58. The van der Waals surface area contributed by atoms with E-state index < -0.39 is 6.10 Å². The number of unbranched alkanes of at least 4 members (excludes halogenated alkanes) is 1. The second kappa shape index (κ2) is 6.31. The van der Waals surface area contributed by atoms with Gasteiger partial charge in [0.2, 0.25) is 0 Å². The largest absolute Gasteiger partial charge is 0.380 e. The van der Waals surface area contributed by atoms with Crippen molar-refractivity contribution in [3.05, 3.63) is 0 Å². The first kappa shape index (κ1) is 9.19. The van der Waals surface area contributed by atoms with E-state index >= 15 is 0 Å². The summed E-state index contributed by atoms with van der Waals surface area (Å²) < 4.78 is 0. The van der Waals surface area contributed by atoms with E-state index in [0.717, 1.165) is 12.8 Å². The summed E-state index contributed by atoms with van der Waals surface area (Å²) >= 11 is 0. The van der Waals surface area contributed by atoms with Crippen molar-refractivity contribution in [1.29, 1.82) is 0 Å². The summed E-state index contributed by atoms with van der Waals surface area (Å²) in [7, 11) is 0. The van der Waals surface area contributed by atoms with Crippen molar-refractivity contribution in [2.45, 2.75) is 32.3 Å². The molecule has 56 valence electrons. The number of aliphatic hydroxyl groups excluding tert-OH is 1. The molecule has 0 saturated carbocycles. The molecule has 0 aromatic carbocycles. The summed E-state index contributed by atoms with van der Waals surface area (Å²) in [6, 6.07) is 0. The average Bonchev–Trinajstić information content (AvgIpc) is 1.97. The molecule has 2 heteroatoms. The van der Waals surface area contributed by atoms with Gasteiger partial charge in [-0.2, -0.15) is 0 Å². The molecule has 0 aromatic heterocycles. The Kier molecular flexibility index (Phi) is 5.80. The summed E-state index contributed by atoms with van der Waals surface area (Å²) in [5, 5.41) is 8.98. The third kappa shape index (κ3) is 5.33. The van der Waals surface area contributed by atoms with Crippen molar-refractivity contribution >= 4 is 6.29 Å². The van der Waals surface area contributed by atoms with Crippen LogP contribution in [0.1, 0.15) is 26.2 Å². The number of hydrogen-bond donors (Lipinski definition) is 1. The maximum absolute atomic E-state index is 9.70. The SMILES string of the molecule is CCCCC(O)C#CC=O. The van der Waals surface area contributed by atoms with Gasteiger partial charge in [0.05, 0.1) is 0 Å². The van der Waals surface area contributed by atoms with Crippen molar-refractivity contribution in [2.75, 3.05) is 0 Å². The van der Waals surface area contributed by atoms with Crippen molar-refractivity contribution in [3.63, 3.8) is 0 Å². The van der Waals surface area contributed by atoms with Crippen LogP contribution in [0.2, 0.25) is 0 Å². The Balaban J connectivity index is 3.42. The minimum atomic E-state index is -0.620. The Morgan fingerprint density at radius 3 is 2.90 bits per heavy atom. The lowest BCUT2D eigenvalue weighted by molar-refractivity contribution is -0.103. The Labute approximate surface area is 61.2 Å². The molecule has 0 aliphatic rings. The molecule has 0 aromatic rings. The van der Waals surface area contributed by atoms with E-state index in [1.807, 2.05) is 6.92 Å². The summed E-state index contributed by atoms with van der Waals surface area (Å²) in [5.41, 5.74) is 0. The number of aldehydes is 1. The quantitative estimate of drug-likeness (QED) is 0.463. The minimum Gasteiger partial charge on any atom is -0.380 e. The fourth-order valence-corrected chi connectivity index (χ4v) is 0.600. The zero-order valence-corrected chi connectivity index (χ0v) is 6.13. The highest BCUT2D eigenvalue weighted by Crippen LogP contribution is 1.97. The minimum absolute atomic E-state index is 0.495. The first-order valence-corrected chi connectivity index (χ1v) is 3.44. The number of aliphatic hydroxyl groups is 1. The molecule has 0 amide bonds. The van der Waals surface area contributed by atoms with Crippen molar-refractivity contribution in [2.24, 2.45) is 0 Å². The van der Waals surface area contributed by atoms with Crippen LogP contribution in [0.15, 0.2) is 0 Å². The second-order valence-corrected chi connectivity index (χ2v) is 2.06. The second-order valence-electron chi connectivity index (χ2n) is 2.06. The summed E-state index contributed by atoms with van der Waals surface area (Å²) in [4.78, 5) is 9.70. The zero-order chi connectivity index (χ0) is 7.82. The van der Waals surface area contributed by atoms with Crippen molar-refractivity contribution in [1.82, 2.24) is 0 Å². The normalized spacial score (nSPS) is 11.4. The first-order chi connectivity index (χ1) is 4.81. The smallest absolute Gasteiger partial charge is 0.192 e. The molecule has 0 aliphatic heterocycles. The van der Waals surface area contributed by atoms with Gasteiger partial charge in [-0.1, -0.05) is 25.7 Å². The average molecular weight is 140 g/mol. The molecule has 0 fully saturated rings.